The number of urea groups is 1. The maximum absolute atomic E-state index is 12.4. The number of nitrogens with one attached hydrogen (secondary N) is 2. The lowest BCUT2D eigenvalue weighted by Gasteiger charge is -2.17. The van der Waals surface area contributed by atoms with Gasteiger partial charge in [0, 0.05) is 35.9 Å². The predicted octanol–water partition coefficient (Wildman–Crippen LogP) is 3.12. The van der Waals surface area contributed by atoms with Crippen molar-refractivity contribution in [2.24, 2.45) is 0 Å². The summed E-state index contributed by atoms with van der Waals surface area (Å²) in [4.78, 5) is 25.8. The van der Waals surface area contributed by atoms with Crippen LogP contribution in [0.3, 0.4) is 0 Å². The van der Waals surface area contributed by atoms with Crippen LogP contribution in [0.25, 0.3) is 0 Å². The van der Waals surface area contributed by atoms with Crippen molar-refractivity contribution < 1.29 is 9.59 Å². The molecule has 2 aromatic rings. The van der Waals surface area contributed by atoms with E-state index in [1.807, 2.05) is 24.3 Å². The van der Waals surface area contributed by atoms with Gasteiger partial charge in [0.05, 0.1) is 0 Å². The molecule has 0 saturated carbocycles. The van der Waals surface area contributed by atoms with Crippen molar-refractivity contribution in [1.82, 2.24) is 10.2 Å². The van der Waals surface area contributed by atoms with Gasteiger partial charge in [-0.2, -0.15) is 0 Å². The van der Waals surface area contributed by atoms with E-state index in [-0.39, 0.29) is 11.9 Å². The molecule has 0 aromatic heterocycles. The molecule has 3 rings (SSSR count). The van der Waals surface area contributed by atoms with Crippen molar-refractivity contribution in [3.05, 3.63) is 64.7 Å². The number of benzene rings is 2. The number of para-hydroxylation sites is 1. The molecule has 0 bridgehead atoms. The van der Waals surface area contributed by atoms with Gasteiger partial charge in [-0.05, 0) is 29.8 Å². The minimum Gasteiger partial charge on any atom is -0.336 e. The highest BCUT2D eigenvalue weighted by Crippen LogP contribution is 2.20. The second-order valence-corrected chi connectivity index (χ2v) is 5.71. The lowest BCUT2D eigenvalue weighted by molar-refractivity contribution is 0.102. The Bertz CT molecular complexity index is 748. The Morgan fingerprint density at radius 3 is 2.78 bits per heavy atom. The number of anilines is 1. The Hall–Kier alpha value is -2.53. The van der Waals surface area contributed by atoms with E-state index in [1.54, 1.807) is 29.2 Å². The summed E-state index contributed by atoms with van der Waals surface area (Å²) in [5.41, 5.74) is 2.07. The second kappa shape index (κ2) is 6.71. The van der Waals surface area contributed by atoms with Crippen LogP contribution in [-0.4, -0.2) is 29.9 Å². The van der Waals surface area contributed by atoms with Crippen LogP contribution in [0.5, 0.6) is 0 Å². The molecular formula is C17H16ClN3O2. The molecule has 1 aliphatic heterocycles. The van der Waals surface area contributed by atoms with Gasteiger partial charge in [-0.15, -0.1) is 0 Å². The first-order valence-corrected chi connectivity index (χ1v) is 7.69. The third-order valence-electron chi connectivity index (χ3n) is 3.66. The van der Waals surface area contributed by atoms with Crippen LogP contribution in [0.1, 0.15) is 15.9 Å². The van der Waals surface area contributed by atoms with Crippen molar-refractivity contribution >= 4 is 29.2 Å². The van der Waals surface area contributed by atoms with Gasteiger partial charge in [0.25, 0.3) is 5.91 Å². The monoisotopic (exact) mass is 329 g/mol. The normalized spacial score (nSPS) is 13.8. The van der Waals surface area contributed by atoms with Crippen LogP contribution in [0.2, 0.25) is 5.02 Å². The molecule has 1 fully saturated rings. The predicted molar refractivity (Wildman–Crippen MR) is 89.7 cm³/mol. The summed E-state index contributed by atoms with van der Waals surface area (Å²) in [5, 5.41) is 6.17. The molecule has 1 saturated heterocycles. The highest BCUT2D eigenvalue weighted by Gasteiger charge is 2.20. The fraction of sp³-hybridized carbons (Fsp3) is 0.176. The lowest BCUT2D eigenvalue weighted by atomic mass is 10.1. The summed E-state index contributed by atoms with van der Waals surface area (Å²) in [5.74, 6) is -0.231. The average Bonchev–Trinajstić information content (AvgIpc) is 2.94. The number of rotatable bonds is 4. The van der Waals surface area contributed by atoms with Gasteiger partial charge in [-0.1, -0.05) is 35.9 Å². The fourth-order valence-electron chi connectivity index (χ4n) is 2.47. The van der Waals surface area contributed by atoms with Crippen molar-refractivity contribution in [3.8, 4) is 0 Å². The zero-order valence-corrected chi connectivity index (χ0v) is 13.1. The summed E-state index contributed by atoms with van der Waals surface area (Å²) in [6.45, 7) is 1.77. The van der Waals surface area contributed by atoms with E-state index in [1.165, 1.54) is 0 Å². The number of halogens is 1. The molecule has 0 spiro atoms. The minimum absolute atomic E-state index is 0.0824. The molecule has 6 heteroatoms. The smallest absolute Gasteiger partial charge is 0.317 e. The maximum atomic E-state index is 12.4. The van der Waals surface area contributed by atoms with Gasteiger partial charge in [0.1, 0.15) is 0 Å². The zero-order chi connectivity index (χ0) is 16.2. The number of carbonyl (C=O) groups is 2. The zero-order valence-electron chi connectivity index (χ0n) is 12.4. The van der Waals surface area contributed by atoms with Gasteiger partial charge < -0.3 is 15.5 Å². The number of amides is 3. The quantitative estimate of drug-likeness (QED) is 0.905. The van der Waals surface area contributed by atoms with Crippen molar-refractivity contribution in [3.63, 3.8) is 0 Å². The molecule has 0 unspecified atom stereocenters. The summed E-state index contributed by atoms with van der Waals surface area (Å²) >= 11 is 5.92. The van der Waals surface area contributed by atoms with Crippen LogP contribution >= 0.6 is 11.6 Å². The largest absolute Gasteiger partial charge is 0.336 e. The van der Waals surface area contributed by atoms with Gasteiger partial charge in [0.15, 0.2) is 0 Å². The molecule has 2 N–H and O–H groups in total. The summed E-state index contributed by atoms with van der Waals surface area (Å²) in [7, 11) is 0. The Morgan fingerprint density at radius 1 is 1.22 bits per heavy atom. The van der Waals surface area contributed by atoms with Gasteiger partial charge in [0.2, 0.25) is 0 Å². The molecule has 5 nitrogen and oxygen atoms in total. The Labute approximate surface area is 139 Å². The fourth-order valence-corrected chi connectivity index (χ4v) is 2.66. The molecule has 0 atom stereocenters. The van der Waals surface area contributed by atoms with Gasteiger partial charge >= 0.3 is 6.03 Å². The van der Waals surface area contributed by atoms with Crippen LogP contribution < -0.4 is 10.6 Å². The Balaban J connectivity index is 1.77. The molecule has 118 valence electrons. The van der Waals surface area contributed by atoms with E-state index in [9.17, 15) is 9.59 Å². The maximum Gasteiger partial charge on any atom is 0.317 e. The first-order chi connectivity index (χ1) is 11.1. The molecule has 1 heterocycles. The van der Waals surface area contributed by atoms with E-state index in [4.69, 9.17) is 11.6 Å². The third kappa shape index (κ3) is 3.63. The molecule has 23 heavy (non-hydrogen) atoms. The average molecular weight is 330 g/mol. The standard InChI is InChI=1S/C17H16ClN3O2/c18-14-6-3-5-12(10-14)16(22)20-15-7-2-1-4-13(15)11-21-9-8-19-17(21)23/h1-7,10H,8-9,11H2,(H,19,23)(H,20,22). The van der Waals surface area contributed by atoms with Crippen molar-refractivity contribution in [2.75, 3.05) is 18.4 Å². The van der Waals surface area contributed by atoms with Crippen LogP contribution in [-0.2, 0) is 6.54 Å². The third-order valence-corrected chi connectivity index (χ3v) is 3.89. The van der Waals surface area contributed by atoms with E-state index in [0.717, 1.165) is 5.56 Å². The number of hydrogen-bond acceptors (Lipinski definition) is 2. The van der Waals surface area contributed by atoms with Crippen LogP contribution in [0.4, 0.5) is 10.5 Å². The number of carbonyl (C=O) groups excluding carboxylic acids is 2. The Kier molecular flexibility index (Phi) is 4.48. The van der Waals surface area contributed by atoms with Gasteiger partial charge in [-0.25, -0.2) is 4.79 Å². The molecule has 0 radical (unpaired) electrons. The molecule has 2 aromatic carbocycles. The second-order valence-electron chi connectivity index (χ2n) is 5.28. The summed E-state index contributed by atoms with van der Waals surface area (Å²) in [6, 6.07) is 14.2. The van der Waals surface area contributed by atoms with E-state index in [0.29, 0.717) is 35.9 Å². The highest BCUT2D eigenvalue weighted by molar-refractivity contribution is 6.31. The molecular weight excluding hydrogens is 314 g/mol. The summed E-state index contributed by atoms with van der Waals surface area (Å²) in [6.07, 6.45) is 0. The number of hydrogen-bond donors (Lipinski definition) is 2. The molecule has 1 aliphatic rings. The SMILES string of the molecule is O=C(Nc1ccccc1CN1CCNC1=O)c1cccc(Cl)c1. The minimum atomic E-state index is -0.231. The first-order valence-electron chi connectivity index (χ1n) is 7.31. The van der Waals surface area contributed by atoms with E-state index < -0.39 is 0 Å². The first kappa shape index (κ1) is 15.4. The molecule has 0 aliphatic carbocycles. The van der Waals surface area contributed by atoms with E-state index >= 15 is 0 Å². The van der Waals surface area contributed by atoms with Crippen molar-refractivity contribution in [1.29, 1.82) is 0 Å². The van der Waals surface area contributed by atoms with Crippen LogP contribution in [0, 0.1) is 0 Å². The lowest BCUT2D eigenvalue weighted by Crippen LogP contribution is -2.28. The molecule has 3 amide bonds. The van der Waals surface area contributed by atoms with E-state index in [2.05, 4.69) is 10.6 Å². The topological polar surface area (TPSA) is 61.4 Å². The number of nitrogens with zero attached hydrogens (tertiary/aromatic N) is 1. The van der Waals surface area contributed by atoms with Crippen LogP contribution in [0.15, 0.2) is 48.5 Å². The van der Waals surface area contributed by atoms with Gasteiger partial charge in [-0.3, -0.25) is 4.79 Å². The summed E-state index contributed by atoms with van der Waals surface area (Å²) < 4.78 is 0. The highest BCUT2D eigenvalue weighted by atomic mass is 35.5. The van der Waals surface area contributed by atoms with Crippen molar-refractivity contribution in [2.45, 2.75) is 6.54 Å². The Morgan fingerprint density at radius 2 is 2.04 bits per heavy atom.